The minimum atomic E-state index is -4.40. The van der Waals surface area contributed by atoms with E-state index in [4.69, 9.17) is 10.5 Å². The zero-order valence-electron chi connectivity index (χ0n) is 10.3. The predicted molar refractivity (Wildman–Crippen MR) is 68.7 cm³/mol. The first-order chi connectivity index (χ1) is 8.48. The lowest BCUT2D eigenvalue weighted by atomic mass is 10.0. The van der Waals surface area contributed by atoms with E-state index in [0.29, 0.717) is 10.2 Å². The Morgan fingerprint density at radius 1 is 1.32 bits per heavy atom. The first-order valence-corrected chi connectivity index (χ1v) is 6.14. The number of hydrogen-bond donors (Lipinski definition) is 1. The van der Waals surface area contributed by atoms with Gasteiger partial charge in [0.15, 0.2) is 0 Å². The Bertz CT molecular complexity index is 466. The van der Waals surface area contributed by atoms with E-state index in [2.05, 4.69) is 15.9 Å². The summed E-state index contributed by atoms with van der Waals surface area (Å²) in [4.78, 5) is 11.8. The van der Waals surface area contributed by atoms with Crippen molar-refractivity contribution in [3.63, 3.8) is 0 Å². The number of alkyl halides is 3. The molecule has 19 heavy (non-hydrogen) atoms. The van der Waals surface area contributed by atoms with Crippen LogP contribution in [-0.4, -0.2) is 17.7 Å². The van der Waals surface area contributed by atoms with Gasteiger partial charge in [-0.2, -0.15) is 13.2 Å². The van der Waals surface area contributed by atoms with Gasteiger partial charge in [-0.25, -0.2) is 4.79 Å². The SMILES string of the molecule is CC(C)(CC(F)(F)F)OC(=O)c1cc(N)cc(Br)c1. The number of esters is 1. The van der Waals surface area contributed by atoms with Gasteiger partial charge in [-0.05, 0) is 32.0 Å². The fourth-order valence-electron chi connectivity index (χ4n) is 1.56. The first kappa shape index (κ1) is 15.8. The maximum Gasteiger partial charge on any atom is 0.392 e. The largest absolute Gasteiger partial charge is 0.456 e. The molecule has 0 aliphatic carbocycles. The van der Waals surface area contributed by atoms with Crippen LogP contribution in [0.25, 0.3) is 0 Å². The summed E-state index contributed by atoms with van der Waals surface area (Å²) in [7, 11) is 0. The van der Waals surface area contributed by atoms with E-state index in [1.807, 2.05) is 0 Å². The van der Waals surface area contributed by atoms with Crippen LogP contribution < -0.4 is 5.73 Å². The van der Waals surface area contributed by atoms with Gasteiger partial charge in [0.05, 0.1) is 12.0 Å². The van der Waals surface area contributed by atoms with Crippen LogP contribution in [0.5, 0.6) is 0 Å². The predicted octanol–water partition coefficient (Wildman–Crippen LogP) is 3.92. The van der Waals surface area contributed by atoms with Crippen LogP contribution in [-0.2, 0) is 4.74 Å². The van der Waals surface area contributed by atoms with Gasteiger partial charge >= 0.3 is 12.1 Å². The Labute approximate surface area is 117 Å². The van der Waals surface area contributed by atoms with Gasteiger partial charge < -0.3 is 10.5 Å². The lowest BCUT2D eigenvalue weighted by Gasteiger charge is -2.26. The highest BCUT2D eigenvalue weighted by atomic mass is 79.9. The molecular formula is C12H13BrF3NO2. The second kappa shape index (κ2) is 5.40. The maximum atomic E-state index is 12.3. The summed E-state index contributed by atoms with van der Waals surface area (Å²) >= 11 is 3.14. The fourth-order valence-corrected chi connectivity index (χ4v) is 2.07. The van der Waals surface area contributed by atoms with E-state index in [0.717, 1.165) is 0 Å². The number of anilines is 1. The minimum Gasteiger partial charge on any atom is -0.456 e. The van der Waals surface area contributed by atoms with Crippen LogP contribution in [0.15, 0.2) is 22.7 Å². The third kappa shape index (κ3) is 5.50. The van der Waals surface area contributed by atoms with Crippen LogP contribution in [0.1, 0.15) is 30.6 Å². The third-order valence-electron chi connectivity index (χ3n) is 2.15. The lowest BCUT2D eigenvalue weighted by Crippen LogP contribution is -2.33. The number of carbonyl (C=O) groups excluding carboxylic acids is 1. The average Bonchev–Trinajstić information content (AvgIpc) is 2.10. The highest BCUT2D eigenvalue weighted by Crippen LogP contribution is 2.30. The molecule has 0 aromatic heterocycles. The van der Waals surface area contributed by atoms with E-state index in [9.17, 15) is 18.0 Å². The molecule has 2 N–H and O–H groups in total. The molecule has 1 aromatic carbocycles. The second-order valence-electron chi connectivity index (χ2n) is 4.71. The van der Waals surface area contributed by atoms with E-state index in [-0.39, 0.29) is 5.56 Å². The van der Waals surface area contributed by atoms with Gasteiger partial charge in [0.1, 0.15) is 5.60 Å². The summed E-state index contributed by atoms with van der Waals surface area (Å²) in [5, 5.41) is 0. The van der Waals surface area contributed by atoms with E-state index >= 15 is 0 Å². The number of rotatable bonds is 3. The number of ether oxygens (including phenoxy) is 1. The molecule has 1 aromatic rings. The summed E-state index contributed by atoms with van der Waals surface area (Å²) in [5.74, 6) is -0.845. The molecule has 7 heteroatoms. The number of nitrogens with two attached hydrogens (primary N) is 1. The first-order valence-electron chi connectivity index (χ1n) is 5.35. The molecule has 1 rings (SSSR count). The zero-order chi connectivity index (χ0) is 14.8. The topological polar surface area (TPSA) is 52.3 Å². The number of carbonyl (C=O) groups is 1. The van der Waals surface area contributed by atoms with Crippen LogP contribution in [0.2, 0.25) is 0 Å². The van der Waals surface area contributed by atoms with Gasteiger partial charge in [-0.15, -0.1) is 0 Å². The van der Waals surface area contributed by atoms with Crippen molar-refractivity contribution in [1.82, 2.24) is 0 Å². The van der Waals surface area contributed by atoms with Crippen LogP contribution in [0, 0.1) is 0 Å². The number of nitrogen functional groups attached to an aromatic ring is 1. The van der Waals surface area contributed by atoms with Gasteiger partial charge in [0, 0.05) is 10.2 Å². The quantitative estimate of drug-likeness (QED) is 0.670. The van der Waals surface area contributed by atoms with Crippen molar-refractivity contribution in [3.8, 4) is 0 Å². The molecule has 0 saturated carbocycles. The monoisotopic (exact) mass is 339 g/mol. The molecule has 0 spiro atoms. The van der Waals surface area contributed by atoms with Crippen molar-refractivity contribution >= 4 is 27.6 Å². The van der Waals surface area contributed by atoms with Crippen LogP contribution in [0.4, 0.5) is 18.9 Å². The Morgan fingerprint density at radius 2 is 1.89 bits per heavy atom. The van der Waals surface area contributed by atoms with Crippen molar-refractivity contribution in [2.24, 2.45) is 0 Å². The molecule has 106 valence electrons. The Morgan fingerprint density at radius 3 is 2.37 bits per heavy atom. The highest BCUT2D eigenvalue weighted by Gasteiger charge is 2.39. The molecule has 0 amide bonds. The molecule has 0 saturated heterocycles. The van der Waals surface area contributed by atoms with Crippen molar-refractivity contribution in [2.45, 2.75) is 32.0 Å². The van der Waals surface area contributed by atoms with Gasteiger partial charge in [0.2, 0.25) is 0 Å². The van der Waals surface area contributed by atoms with Gasteiger partial charge in [-0.3, -0.25) is 0 Å². The van der Waals surface area contributed by atoms with Crippen LogP contribution in [0.3, 0.4) is 0 Å². The van der Waals surface area contributed by atoms with E-state index < -0.39 is 24.2 Å². The van der Waals surface area contributed by atoms with Crippen molar-refractivity contribution in [2.75, 3.05) is 5.73 Å². The molecule has 0 atom stereocenters. The summed E-state index contributed by atoms with van der Waals surface area (Å²) in [6, 6.07) is 4.34. The molecule has 3 nitrogen and oxygen atoms in total. The summed E-state index contributed by atoms with van der Waals surface area (Å²) < 4.78 is 42.4. The van der Waals surface area contributed by atoms with Gasteiger partial charge in [0.25, 0.3) is 0 Å². The number of halogens is 4. The van der Waals surface area contributed by atoms with E-state index in [1.54, 1.807) is 6.07 Å². The molecule has 0 aliphatic rings. The van der Waals surface area contributed by atoms with Crippen molar-refractivity contribution in [3.05, 3.63) is 28.2 Å². The summed E-state index contributed by atoms with van der Waals surface area (Å²) in [5.41, 5.74) is 4.33. The smallest absolute Gasteiger partial charge is 0.392 e. The second-order valence-corrected chi connectivity index (χ2v) is 5.63. The molecular weight excluding hydrogens is 327 g/mol. The molecule has 0 aliphatic heterocycles. The molecule has 0 fully saturated rings. The fraction of sp³-hybridized carbons (Fsp3) is 0.417. The highest BCUT2D eigenvalue weighted by molar-refractivity contribution is 9.10. The molecule has 0 bridgehead atoms. The average molecular weight is 340 g/mol. The number of benzene rings is 1. The summed E-state index contributed by atoms with van der Waals surface area (Å²) in [6.45, 7) is 2.42. The Kier molecular flexibility index (Phi) is 4.50. The maximum absolute atomic E-state index is 12.3. The Hall–Kier alpha value is -1.24. The molecule has 0 heterocycles. The van der Waals surface area contributed by atoms with E-state index in [1.165, 1.54) is 26.0 Å². The number of hydrogen-bond acceptors (Lipinski definition) is 3. The third-order valence-corrected chi connectivity index (χ3v) is 2.61. The molecule has 0 unspecified atom stereocenters. The van der Waals surface area contributed by atoms with Gasteiger partial charge in [-0.1, -0.05) is 15.9 Å². The minimum absolute atomic E-state index is 0.0992. The zero-order valence-corrected chi connectivity index (χ0v) is 11.9. The van der Waals surface area contributed by atoms with Crippen molar-refractivity contribution in [1.29, 1.82) is 0 Å². The Balaban J connectivity index is 2.84. The lowest BCUT2D eigenvalue weighted by molar-refractivity contribution is -0.169. The normalized spacial score (nSPS) is 12.3. The standard InChI is InChI=1S/C12H13BrF3NO2/c1-11(2,6-12(14,15)16)19-10(18)7-3-8(13)5-9(17)4-7/h3-5H,6,17H2,1-2H3. The van der Waals surface area contributed by atoms with Crippen LogP contribution >= 0.6 is 15.9 Å². The molecule has 0 radical (unpaired) electrons. The van der Waals surface area contributed by atoms with Crippen molar-refractivity contribution < 1.29 is 22.7 Å². The summed E-state index contributed by atoms with van der Waals surface area (Å²) in [6.07, 6.45) is -5.62.